The van der Waals surface area contributed by atoms with E-state index in [-0.39, 0.29) is 10.2 Å². The SMILES string of the molecule is Nc1cc(Br)c(S(N)(=O)=O)c(OC(F)(F)F)c1. The standard InChI is InChI=1S/C7H6BrF3N2O3S/c8-4-1-3(12)2-5(16-7(9,10)11)6(4)17(13,14)15/h1-2H,12H2,(H2,13,14,15). The Kier molecular flexibility index (Phi) is 3.60. The highest BCUT2D eigenvalue weighted by Gasteiger charge is 2.34. The van der Waals surface area contributed by atoms with Crippen LogP contribution in [0.4, 0.5) is 18.9 Å². The maximum atomic E-state index is 12.1. The monoisotopic (exact) mass is 334 g/mol. The second-order valence-corrected chi connectivity index (χ2v) is 5.28. The Morgan fingerprint density at radius 2 is 1.82 bits per heavy atom. The molecule has 0 aliphatic rings. The molecule has 1 aromatic carbocycles. The molecule has 0 aliphatic heterocycles. The van der Waals surface area contributed by atoms with Crippen LogP contribution in [0.1, 0.15) is 0 Å². The van der Waals surface area contributed by atoms with Gasteiger partial charge in [0.25, 0.3) is 0 Å². The second kappa shape index (κ2) is 4.35. The molecule has 1 rings (SSSR count). The van der Waals surface area contributed by atoms with E-state index in [1.54, 1.807) is 0 Å². The van der Waals surface area contributed by atoms with Gasteiger partial charge in [0.1, 0.15) is 4.90 Å². The molecule has 0 spiro atoms. The Morgan fingerprint density at radius 3 is 2.24 bits per heavy atom. The summed E-state index contributed by atoms with van der Waals surface area (Å²) < 4.78 is 61.8. The van der Waals surface area contributed by atoms with Gasteiger partial charge < -0.3 is 10.5 Å². The van der Waals surface area contributed by atoms with E-state index in [2.05, 4.69) is 20.7 Å². The summed E-state index contributed by atoms with van der Waals surface area (Å²) in [6, 6.07) is 1.82. The van der Waals surface area contributed by atoms with Crippen LogP contribution in [-0.2, 0) is 10.0 Å². The fourth-order valence-corrected chi connectivity index (χ4v) is 2.91. The molecule has 1 aromatic rings. The third kappa shape index (κ3) is 3.75. The zero-order valence-electron chi connectivity index (χ0n) is 7.95. The van der Waals surface area contributed by atoms with Gasteiger partial charge in [0.2, 0.25) is 10.0 Å². The topological polar surface area (TPSA) is 95.4 Å². The molecule has 4 N–H and O–H groups in total. The lowest BCUT2D eigenvalue weighted by molar-refractivity contribution is -0.275. The summed E-state index contributed by atoms with van der Waals surface area (Å²) in [6.07, 6.45) is -5.05. The van der Waals surface area contributed by atoms with E-state index < -0.39 is 27.0 Å². The summed E-state index contributed by atoms with van der Waals surface area (Å²) in [6.45, 7) is 0. The van der Waals surface area contributed by atoms with E-state index in [4.69, 9.17) is 10.9 Å². The van der Waals surface area contributed by atoms with E-state index in [1.807, 2.05) is 0 Å². The van der Waals surface area contributed by atoms with Crippen LogP contribution in [0.15, 0.2) is 21.5 Å². The van der Waals surface area contributed by atoms with Gasteiger partial charge in [-0.3, -0.25) is 0 Å². The predicted molar refractivity (Wildman–Crippen MR) is 56.6 cm³/mol. The van der Waals surface area contributed by atoms with Crippen LogP contribution in [0.25, 0.3) is 0 Å². The number of anilines is 1. The number of hydrogen-bond donors (Lipinski definition) is 2. The van der Waals surface area contributed by atoms with Crippen LogP contribution in [0.3, 0.4) is 0 Å². The van der Waals surface area contributed by atoms with Gasteiger partial charge in [-0.15, -0.1) is 13.2 Å². The van der Waals surface area contributed by atoms with Crippen molar-refractivity contribution in [1.82, 2.24) is 0 Å². The van der Waals surface area contributed by atoms with Crippen molar-refractivity contribution < 1.29 is 26.3 Å². The molecular formula is C7H6BrF3N2O3S. The number of nitrogen functional groups attached to an aromatic ring is 1. The van der Waals surface area contributed by atoms with Gasteiger partial charge in [-0.2, -0.15) is 0 Å². The van der Waals surface area contributed by atoms with Gasteiger partial charge in [-0.1, -0.05) is 0 Å². The van der Waals surface area contributed by atoms with Crippen LogP contribution >= 0.6 is 15.9 Å². The Morgan fingerprint density at radius 1 is 1.29 bits per heavy atom. The lowest BCUT2D eigenvalue weighted by atomic mass is 10.3. The lowest BCUT2D eigenvalue weighted by Gasteiger charge is -2.13. The second-order valence-electron chi connectivity index (χ2n) is 2.92. The number of alkyl halides is 3. The molecule has 0 saturated carbocycles. The third-order valence-corrected chi connectivity index (χ3v) is 3.42. The van der Waals surface area contributed by atoms with E-state index in [0.717, 1.165) is 12.1 Å². The number of benzene rings is 1. The molecule has 10 heteroatoms. The Balaban J connectivity index is 3.47. The number of ether oxygens (including phenoxy) is 1. The summed E-state index contributed by atoms with van der Waals surface area (Å²) >= 11 is 2.75. The Labute approximate surface area is 103 Å². The van der Waals surface area contributed by atoms with Crippen LogP contribution < -0.4 is 15.6 Å². The highest BCUT2D eigenvalue weighted by molar-refractivity contribution is 9.10. The van der Waals surface area contributed by atoms with Gasteiger partial charge in [-0.05, 0) is 22.0 Å². The smallest absolute Gasteiger partial charge is 0.404 e. The van der Waals surface area contributed by atoms with Gasteiger partial charge in [0.15, 0.2) is 5.75 Å². The van der Waals surface area contributed by atoms with Crippen molar-refractivity contribution in [1.29, 1.82) is 0 Å². The van der Waals surface area contributed by atoms with E-state index in [1.165, 1.54) is 0 Å². The van der Waals surface area contributed by atoms with Crippen molar-refractivity contribution in [2.75, 3.05) is 5.73 Å². The molecule has 5 nitrogen and oxygen atoms in total. The molecule has 0 bridgehead atoms. The summed E-state index contributed by atoms with van der Waals surface area (Å²) in [5.74, 6) is -0.980. The van der Waals surface area contributed by atoms with Crippen molar-refractivity contribution in [3.63, 3.8) is 0 Å². The minimum atomic E-state index is -5.05. The number of hydrogen-bond acceptors (Lipinski definition) is 4. The van der Waals surface area contributed by atoms with Gasteiger partial charge >= 0.3 is 6.36 Å². The van der Waals surface area contributed by atoms with E-state index in [9.17, 15) is 21.6 Å². The first-order chi connectivity index (χ1) is 7.50. The number of rotatable bonds is 2. The first-order valence-corrected chi connectivity index (χ1v) is 6.22. The van der Waals surface area contributed by atoms with Crippen LogP contribution in [0, 0.1) is 0 Å². The maximum Gasteiger partial charge on any atom is 0.573 e. The molecular weight excluding hydrogens is 329 g/mol. The van der Waals surface area contributed by atoms with Crippen molar-refractivity contribution in [2.45, 2.75) is 11.3 Å². The number of nitrogens with two attached hydrogens (primary N) is 2. The largest absolute Gasteiger partial charge is 0.573 e. The Hall–Kier alpha value is -1.00. The van der Waals surface area contributed by atoms with E-state index in [0.29, 0.717) is 0 Å². The van der Waals surface area contributed by atoms with Gasteiger partial charge in [0.05, 0.1) is 0 Å². The fraction of sp³-hybridized carbons (Fsp3) is 0.143. The number of halogens is 4. The number of sulfonamides is 1. The third-order valence-electron chi connectivity index (χ3n) is 1.54. The van der Waals surface area contributed by atoms with Crippen LogP contribution in [-0.4, -0.2) is 14.8 Å². The van der Waals surface area contributed by atoms with Crippen molar-refractivity contribution >= 4 is 31.6 Å². The van der Waals surface area contributed by atoms with E-state index >= 15 is 0 Å². The quantitative estimate of drug-likeness (QED) is 0.802. The van der Waals surface area contributed by atoms with Crippen molar-refractivity contribution in [2.24, 2.45) is 5.14 Å². The molecule has 0 atom stereocenters. The van der Waals surface area contributed by atoms with Gasteiger partial charge in [-0.25, -0.2) is 13.6 Å². The van der Waals surface area contributed by atoms with Crippen molar-refractivity contribution in [3.05, 3.63) is 16.6 Å². The normalized spacial score (nSPS) is 12.5. The van der Waals surface area contributed by atoms with Crippen LogP contribution in [0.5, 0.6) is 5.75 Å². The zero-order valence-corrected chi connectivity index (χ0v) is 10.4. The molecule has 0 aromatic heterocycles. The maximum absolute atomic E-state index is 12.1. The summed E-state index contributed by atoms with van der Waals surface area (Å²) in [7, 11) is -4.38. The highest BCUT2D eigenvalue weighted by Crippen LogP contribution is 2.36. The molecule has 0 saturated heterocycles. The minimum Gasteiger partial charge on any atom is -0.404 e. The lowest BCUT2D eigenvalue weighted by Crippen LogP contribution is -2.21. The zero-order chi connectivity index (χ0) is 13.4. The molecule has 17 heavy (non-hydrogen) atoms. The highest BCUT2D eigenvalue weighted by atomic mass is 79.9. The average Bonchev–Trinajstić information content (AvgIpc) is 1.94. The molecule has 0 heterocycles. The first-order valence-electron chi connectivity index (χ1n) is 3.88. The molecule has 0 radical (unpaired) electrons. The summed E-state index contributed by atoms with van der Waals surface area (Å²) in [5.41, 5.74) is 5.17. The number of primary sulfonamides is 1. The first kappa shape index (κ1) is 14.1. The average molecular weight is 335 g/mol. The predicted octanol–water partition coefficient (Wildman–Crippen LogP) is 1.58. The molecule has 0 aliphatic carbocycles. The molecule has 0 unspecified atom stereocenters. The van der Waals surface area contributed by atoms with Crippen molar-refractivity contribution in [3.8, 4) is 5.75 Å². The molecule has 0 amide bonds. The van der Waals surface area contributed by atoms with Crippen LogP contribution in [0.2, 0.25) is 0 Å². The fourth-order valence-electron chi connectivity index (χ4n) is 1.06. The van der Waals surface area contributed by atoms with Gasteiger partial charge in [0, 0.05) is 16.2 Å². The minimum absolute atomic E-state index is 0.108. The Bertz CT molecular complexity index is 544. The molecule has 0 fully saturated rings. The summed E-state index contributed by atoms with van der Waals surface area (Å²) in [5, 5.41) is 4.78. The molecule has 96 valence electrons. The summed E-state index contributed by atoms with van der Waals surface area (Å²) in [4.78, 5) is -0.816.